The number of ketones is 1. The van der Waals surface area contributed by atoms with Crippen LogP contribution in [0.3, 0.4) is 0 Å². The Hall–Kier alpha value is -3.86. The van der Waals surface area contributed by atoms with E-state index in [9.17, 15) is 14.7 Å². The van der Waals surface area contributed by atoms with Crippen molar-refractivity contribution in [3.05, 3.63) is 106 Å². The van der Waals surface area contributed by atoms with Gasteiger partial charge in [-0.25, -0.2) is 0 Å². The number of likely N-dealkylation sites (tertiary alicyclic amines) is 1. The average molecular weight is 468 g/mol. The van der Waals surface area contributed by atoms with Crippen molar-refractivity contribution in [2.24, 2.45) is 0 Å². The number of hydrogen-bond acceptors (Lipinski definition) is 4. The minimum atomic E-state index is -0.681. The van der Waals surface area contributed by atoms with Gasteiger partial charge in [-0.2, -0.15) is 0 Å². The molecule has 2 aliphatic heterocycles. The number of carbonyl (C=O) groups excluding carboxylic acids is 2. The first kappa shape index (κ1) is 22.9. The third-order valence-electron chi connectivity index (χ3n) is 6.82. The fourth-order valence-electron chi connectivity index (χ4n) is 4.96. The number of ether oxygens (including phenoxy) is 1. The summed E-state index contributed by atoms with van der Waals surface area (Å²) in [6.07, 6.45) is 0.803. The molecule has 178 valence electrons. The molecule has 2 aliphatic rings. The average Bonchev–Trinajstić information content (AvgIpc) is 3.35. The summed E-state index contributed by atoms with van der Waals surface area (Å²) in [6.45, 7) is 6.51. The summed E-state index contributed by atoms with van der Waals surface area (Å²) in [5.41, 5.74) is 4.50. The zero-order chi connectivity index (χ0) is 24.7. The van der Waals surface area contributed by atoms with E-state index in [0.717, 1.165) is 28.9 Å². The third-order valence-corrected chi connectivity index (χ3v) is 6.82. The van der Waals surface area contributed by atoms with Gasteiger partial charge in [-0.3, -0.25) is 9.59 Å². The van der Waals surface area contributed by atoms with Crippen LogP contribution in [0.1, 0.15) is 60.5 Å². The fourth-order valence-corrected chi connectivity index (χ4v) is 4.96. The molecular formula is C30H29NO4. The van der Waals surface area contributed by atoms with E-state index in [4.69, 9.17) is 4.74 Å². The second-order valence-electron chi connectivity index (χ2n) is 9.69. The van der Waals surface area contributed by atoms with Crippen LogP contribution in [0.25, 0.3) is 5.76 Å². The van der Waals surface area contributed by atoms with Crippen LogP contribution in [-0.2, 0) is 22.6 Å². The minimum Gasteiger partial charge on any atom is -0.507 e. The van der Waals surface area contributed by atoms with Crippen molar-refractivity contribution in [3.63, 3.8) is 0 Å². The second-order valence-corrected chi connectivity index (χ2v) is 9.69. The van der Waals surface area contributed by atoms with Crippen LogP contribution in [0, 0.1) is 0 Å². The molecule has 2 atom stereocenters. The molecule has 0 unspecified atom stereocenters. The lowest BCUT2D eigenvalue weighted by Gasteiger charge is -2.26. The summed E-state index contributed by atoms with van der Waals surface area (Å²) >= 11 is 0. The van der Waals surface area contributed by atoms with Gasteiger partial charge in [-0.1, -0.05) is 68.4 Å². The van der Waals surface area contributed by atoms with Gasteiger partial charge in [-0.15, -0.1) is 0 Å². The summed E-state index contributed by atoms with van der Waals surface area (Å²) < 4.78 is 5.78. The molecule has 3 aromatic rings. The molecule has 0 aliphatic carbocycles. The van der Waals surface area contributed by atoms with Crippen LogP contribution in [0.5, 0.6) is 5.75 Å². The minimum absolute atomic E-state index is 0.0679. The molecule has 5 nitrogen and oxygen atoms in total. The lowest BCUT2D eigenvalue weighted by atomic mass is 9.92. The summed E-state index contributed by atoms with van der Waals surface area (Å²) in [6, 6.07) is 22.3. The van der Waals surface area contributed by atoms with E-state index >= 15 is 0 Å². The molecule has 0 spiro atoms. The maximum absolute atomic E-state index is 13.3. The van der Waals surface area contributed by atoms with Crippen LogP contribution < -0.4 is 4.74 Å². The van der Waals surface area contributed by atoms with Gasteiger partial charge in [-0.05, 0) is 53.3 Å². The van der Waals surface area contributed by atoms with Crippen LogP contribution in [-0.4, -0.2) is 27.8 Å². The zero-order valence-corrected chi connectivity index (χ0v) is 20.2. The number of aliphatic hydroxyl groups excluding tert-OH is 1. The van der Waals surface area contributed by atoms with Crippen molar-refractivity contribution in [2.45, 2.75) is 51.8 Å². The van der Waals surface area contributed by atoms with E-state index in [2.05, 4.69) is 13.8 Å². The Morgan fingerprint density at radius 2 is 1.74 bits per heavy atom. The predicted octanol–water partition coefficient (Wildman–Crippen LogP) is 5.76. The fraction of sp³-hybridized carbons (Fsp3) is 0.267. The molecule has 0 radical (unpaired) electrons. The summed E-state index contributed by atoms with van der Waals surface area (Å²) in [5.74, 6) is -0.276. The van der Waals surface area contributed by atoms with Gasteiger partial charge in [0.25, 0.3) is 11.7 Å². The van der Waals surface area contributed by atoms with E-state index in [1.54, 1.807) is 11.0 Å². The standard InChI is InChI=1S/C30H29NO4/c1-18(2)21-9-11-22(12-10-21)27-26(28(32)23-13-14-25-24(16-23)15-19(3)35-25)29(33)30(34)31(27)17-20-7-5-4-6-8-20/h4-14,16,18-19,27,32H,15,17H2,1-3H3/b28-26+/t19-,27-/m0/s1. The lowest BCUT2D eigenvalue weighted by molar-refractivity contribution is -0.140. The highest BCUT2D eigenvalue weighted by atomic mass is 16.5. The number of aliphatic hydroxyl groups is 1. The number of benzene rings is 3. The van der Waals surface area contributed by atoms with E-state index in [1.807, 2.05) is 73.7 Å². The third kappa shape index (κ3) is 4.23. The molecule has 2 heterocycles. The molecule has 0 aromatic heterocycles. The Kier molecular flexibility index (Phi) is 5.93. The van der Waals surface area contributed by atoms with E-state index in [1.165, 1.54) is 5.56 Å². The molecule has 1 amide bonds. The SMILES string of the molecule is CC(C)c1ccc([C@H]2/C(=C(\O)c3ccc4c(c3)C[C@H](C)O4)C(=O)C(=O)N2Cc2ccccc2)cc1. The first-order valence-corrected chi connectivity index (χ1v) is 12.1. The topological polar surface area (TPSA) is 66.8 Å². The van der Waals surface area contributed by atoms with Crippen LogP contribution >= 0.6 is 0 Å². The number of amides is 1. The molecule has 5 rings (SSSR count). The summed E-state index contributed by atoms with van der Waals surface area (Å²) in [4.78, 5) is 28.1. The molecule has 1 fully saturated rings. The van der Waals surface area contributed by atoms with Crippen molar-refractivity contribution in [1.29, 1.82) is 0 Å². The highest BCUT2D eigenvalue weighted by molar-refractivity contribution is 6.46. The van der Waals surface area contributed by atoms with Crippen molar-refractivity contribution >= 4 is 17.4 Å². The first-order chi connectivity index (χ1) is 16.8. The molecule has 0 bridgehead atoms. The Bertz CT molecular complexity index is 1310. The molecule has 5 heteroatoms. The van der Waals surface area contributed by atoms with Crippen LogP contribution in [0.15, 0.2) is 78.4 Å². The molecule has 35 heavy (non-hydrogen) atoms. The Labute approximate surface area is 205 Å². The van der Waals surface area contributed by atoms with E-state index in [-0.39, 0.29) is 24.0 Å². The largest absolute Gasteiger partial charge is 0.507 e. The van der Waals surface area contributed by atoms with Gasteiger partial charge in [0.15, 0.2) is 0 Å². The number of hydrogen-bond donors (Lipinski definition) is 1. The van der Waals surface area contributed by atoms with Gasteiger partial charge in [0, 0.05) is 18.5 Å². The Balaban J connectivity index is 1.62. The van der Waals surface area contributed by atoms with E-state index < -0.39 is 17.7 Å². The second kappa shape index (κ2) is 9.06. The normalized spacial score (nSPS) is 20.9. The number of carbonyl (C=O) groups is 2. The van der Waals surface area contributed by atoms with Gasteiger partial charge >= 0.3 is 0 Å². The van der Waals surface area contributed by atoms with Crippen molar-refractivity contribution in [2.75, 3.05) is 0 Å². The highest BCUT2D eigenvalue weighted by Crippen LogP contribution is 2.41. The molecule has 0 saturated carbocycles. The first-order valence-electron chi connectivity index (χ1n) is 12.1. The van der Waals surface area contributed by atoms with Crippen LogP contribution in [0.4, 0.5) is 0 Å². The Morgan fingerprint density at radius 3 is 2.43 bits per heavy atom. The van der Waals surface area contributed by atoms with Gasteiger partial charge in [0.2, 0.25) is 0 Å². The smallest absolute Gasteiger partial charge is 0.295 e. The number of Topliss-reactive ketones (excluding diaryl/α,β-unsaturated/α-hetero) is 1. The highest BCUT2D eigenvalue weighted by Gasteiger charge is 2.46. The van der Waals surface area contributed by atoms with Crippen molar-refractivity contribution < 1.29 is 19.4 Å². The van der Waals surface area contributed by atoms with Gasteiger partial charge < -0.3 is 14.7 Å². The molecule has 1 N–H and O–H groups in total. The maximum Gasteiger partial charge on any atom is 0.295 e. The summed E-state index contributed by atoms with van der Waals surface area (Å²) in [5, 5.41) is 11.4. The van der Waals surface area contributed by atoms with Crippen molar-refractivity contribution in [3.8, 4) is 5.75 Å². The van der Waals surface area contributed by atoms with Gasteiger partial charge in [0.05, 0.1) is 11.6 Å². The number of nitrogens with zero attached hydrogens (tertiary/aromatic N) is 1. The zero-order valence-electron chi connectivity index (χ0n) is 20.2. The molecular weight excluding hydrogens is 438 g/mol. The van der Waals surface area contributed by atoms with Gasteiger partial charge in [0.1, 0.15) is 17.6 Å². The lowest BCUT2D eigenvalue weighted by Crippen LogP contribution is -2.29. The molecule has 1 saturated heterocycles. The van der Waals surface area contributed by atoms with Crippen LogP contribution in [0.2, 0.25) is 0 Å². The monoisotopic (exact) mass is 467 g/mol. The molecule has 3 aromatic carbocycles. The number of rotatable bonds is 5. The Morgan fingerprint density at radius 1 is 1.03 bits per heavy atom. The predicted molar refractivity (Wildman–Crippen MR) is 135 cm³/mol. The number of fused-ring (bicyclic) bond motifs is 1. The maximum atomic E-state index is 13.3. The van der Waals surface area contributed by atoms with E-state index in [0.29, 0.717) is 11.5 Å². The summed E-state index contributed by atoms with van der Waals surface area (Å²) in [7, 11) is 0. The van der Waals surface area contributed by atoms with Crippen molar-refractivity contribution in [1.82, 2.24) is 4.90 Å². The quantitative estimate of drug-likeness (QED) is 0.295.